The Balaban J connectivity index is 1.63. The van der Waals surface area contributed by atoms with E-state index in [2.05, 4.69) is 29.2 Å². The van der Waals surface area contributed by atoms with Crippen LogP contribution in [0.2, 0.25) is 10.0 Å². The molecular weight excluding hydrogens is 417 g/mol. The van der Waals surface area contributed by atoms with Crippen LogP contribution >= 0.6 is 23.2 Å². The second-order valence-electron chi connectivity index (χ2n) is 7.78. The lowest BCUT2D eigenvalue weighted by Gasteiger charge is -2.42. The average Bonchev–Trinajstić information content (AvgIpc) is 2.78. The van der Waals surface area contributed by atoms with Crippen LogP contribution < -0.4 is 0 Å². The van der Waals surface area contributed by atoms with Crippen LogP contribution in [0.15, 0.2) is 78.9 Å². The molecule has 3 aromatic rings. The Kier molecular flexibility index (Phi) is 6.77. The predicted molar refractivity (Wildman–Crippen MR) is 122 cm³/mol. The lowest BCUT2D eigenvalue weighted by molar-refractivity contribution is -0.149. The van der Waals surface area contributed by atoms with Crippen molar-refractivity contribution in [2.45, 2.75) is 24.7 Å². The van der Waals surface area contributed by atoms with Gasteiger partial charge in [0.15, 0.2) is 0 Å². The first-order chi connectivity index (χ1) is 14.5. The molecule has 156 valence electrons. The molecule has 0 saturated carbocycles. The van der Waals surface area contributed by atoms with E-state index in [4.69, 9.17) is 27.9 Å². The molecule has 1 fully saturated rings. The van der Waals surface area contributed by atoms with Crippen molar-refractivity contribution in [3.63, 3.8) is 0 Å². The zero-order valence-corrected chi connectivity index (χ0v) is 18.2. The highest BCUT2D eigenvalue weighted by molar-refractivity contribution is 6.33. The van der Waals surface area contributed by atoms with Gasteiger partial charge in [-0.3, -0.25) is 4.90 Å². The molecule has 3 aromatic carbocycles. The minimum absolute atomic E-state index is 0.320. The Labute approximate surface area is 187 Å². The van der Waals surface area contributed by atoms with Crippen molar-refractivity contribution in [2.24, 2.45) is 0 Å². The Morgan fingerprint density at radius 3 is 2.40 bits per heavy atom. The maximum absolute atomic E-state index is 12.0. The summed E-state index contributed by atoms with van der Waals surface area (Å²) in [6, 6.07) is 25.4. The van der Waals surface area contributed by atoms with Crippen LogP contribution in [-0.4, -0.2) is 35.8 Å². The highest BCUT2D eigenvalue weighted by Crippen LogP contribution is 2.36. The second kappa shape index (κ2) is 9.51. The topological polar surface area (TPSA) is 32.7 Å². The third-order valence-corrected chi connectivity index (χ3v) is 6.28. The van der Waals surface area contributed by atoms with E-state index < -0.39 is 11.7 Å². The molecule has 0 radical (unpaired) electrons. The molecule has 0 aromatic heterocycles. The lowest BCUT2D eigenvalue weighted by atomic mass is 9.81. The van der Waals surface area contributed by atoms with Crippen LogP contribution in [0.25, 0.3) is 0 Å². The van der Waals surface area contributed by atoms with E-state index in [0.29, 0.717) is 29.6 Å². The molecule has 0 spiro atoms. The van der Waals surface area contributed by atoms with Gasteiger partial charge in [0.2, 0.25) is 0 Å². The quantitative estimate of drug-likeness (QED) is 0.561. The summed E-state index contributed by atoms with van der Waals surface area (Å²) in [4.78, 5) is 2.33. The van der Waals surface area contributed by atoms with Crippen molar-refractivity contribution in [3.05, 3.63) is 106 Å². The van der Waals surface area contributed by atoms with Gasteiger partial charge in [0, 0.05) is 36.1 Å². The summed E-state index contributed by atoms with van der Waals surface area (Å²) in [5, 5.41) is 13.2. The van der Waals surface area contributed by atoms with E-state index in [1.807, 2.05) is 42.5 Å². The Hall–Kier alpha value is -1.88. The third-order valence-electron chi connectivity index (χ3n) is 5.67. The fraction of sp³-hybridized carbons (Fsp3) is 0.280. The SMILES string of the molecule is OC(Cc1cc(Cl)ccc1Cl)(c1ccccc1)C1CN(Cc2ccccc2)CCO1. The highest BCUT2D eigenvalue weighted by atomic mass is 35.5. The summed E-state index contributed by atoms with van der Waals surface area (Å²) in [6.45, 7) is 2.84. The van der Waals surface area contributed by atoms with Crippen molar-refractivity contribution >= 4 is 23.2 Å². The lowest BCUT2D eigenvalue weighted by Crippen LogP contribution is -2.53. The molecule has 0 amide bonds. The van der Waals surface area contributed by atoms with Crippen LogP contribution in [0.5, 0.6) is 0 Å². The van der Waals surface area contributed by atoms with E-state index in [-0.39, 0.29) is 0 Å². The first kappa shape index (κ1) is 21.4. The summed E-state index contributed by atoms with van der Waals surface area (Å²) in [7, 11) is 0. The maximum Gasteiger partial charge on any atom is 0.121 e. The molecule has 1 heterocycles. The normalized spacial score (nSPS) is 19.4. The van der Waals surface area contributed by atoms with Gasteiger partial charge >= 0.3 is 0 Å². The fourth-order valence-corrected chi connectivity index (χ4v) is 4.45. The van der Waals surface area contributed by atoms with Gasteiger partial charge < -0.3 is 9.84 Å². The molecule has 3 nitrogen and oxygen atoms in total. The van der Waals surface area contributed by atoms with Gasteiger partial charge in [0.05, 0.1) is 6.61 Å². The van der Waals surface area contributed by atoms with Gasteiger partial charge in [-0.1, -0.05) is 83.9 Å². The predicted octanol–water partition coefficient (Wildman–Crippen LogP) is 5.32. The van der Waals surface area contributed by atoms with Gasteiger partial charge in [-0.25, -0.2) is 0 Å². The number of halogens is 2. The molecule has 1 aliphatic heterocycles. The molecule has 5 heteroatoms. The first-order valence-electron chi connectivity index (χ1n) is 10.1. The summed E-state index contributed by atoms with van der Waals surface area (Å²) < 4.78 is 6.14. The zero-order valence-electron chi connectivity index (χ0n) is 16.7. The minimum atomic E-state index is -1.23. The molecule has 1 N–H and O–H groups in total. The van der Waals surface area contributed by atoms with E-state index in [0.717, 1.165) is 24.2 Å². The summed E-state index contributed by atoms with van der Waals surface area (Å²) in [5.41, 5.74) is 1.64. The zero-order chi connectivity index (χ0) is 21.0. The van der Waals surface area contributed by atoms with Crippen LogP contribution in [0.3, 0.4) is 0 Å². The monoisotopic (exact) mass is 441 g/mol. The van der Waals surface area contributed by atoms with E-state index in [1.165, 1.54) is 5.56 Å². The third kappa shape index (κ3) is 4.88. The average molecular weight is 442 g/mol. The molecule has 4 rings (SSSR count). The smallest absolute Gasteiger partial charge is 0.121 e. The Morgan fingerprint density at radius 1 is 0.967 bits per heavy atom. The molecule has 0 bridgehead atoms. The van der Waals surface area contributed by atoms with Crippen LogP contribution in [0.1, 0.15) is 16.7 Å². The van der Waals surface area contributed by atoms with Gasteiger partial charge in [0.25, 0.3) is 0 Å². The van der Waals surface area contributed by atoms with Crippen molar-refractivity contribution in [3.8, 4) is 0 Å². The minimum Gasteiger partial charge on any atom is -0.382 e. The van der Waals surface area contributed by atoms with Crippen molar-refractivity contribution in [2.75, 3.05) is 19.7 Å². The molecule has 30 heavy (non-hydrogen) atoms. The van der Waals surface area contributed by atoms with Crippen molar-refractivity contribution in [1.29, 1.82) is 0 Å². The fourth-order valence-electron chi connectivity index (χ4n) is 4.07. The highest BCUT2D eigenvalue weighted by Gasteiger charge is 2.42. The van der Waals surface area contributed by atoms with E-state index in [1.54, 1.807) is 12.1 Å². The summed E-state index contributed by atoms with van der Waals surface area (Å²) in [6.07, 6.45) is -0.0762. The number of nitrogens with zero attached hydrogens (tertiary/aromatic N) is 1. The van der Waals surface area contributed by atoms with Gasteiger partial charge in [0.1, 0.15) is 11.7 Å². The number of aliphatic hydroxyl groups is 1. The first-order valence-corrected chi connectivity index (χ1v) is 10.9. The summed E-state index contributed by atoms with van der Waals surface area (Å²) in [5.74, 6) is 0. The molecule has 1 saturated heterocycles. The van der Waals surface area contributed by atoms with Crippen LogP contribution in [-0.2, 0) is 23.3 Å². The van der Waals surface area contributed by atoms with E-state index >= 15 is 0 Å². The second-order valence-corrected chi connectivity index (χ2v) is 8.63. The molecule has 0 aliphatic carbocycles. The summed E-state index contributed by atoms with van der Waals surface area (Å²) >= 11 is 12.7. The largest absolute Gasteiger partial charge is 0.382 e. The number of rotatable bonds is 6. The van der Waals surface area contributed by atoms with Gasteiger partial charge in [-0.05, 0) is 34.9 Å². The molecular formula is C25H25Cl2NO2. The maximum atomic E-state index is 12.0. The number of benzene rings is 3. The number of hydrogen-bond donors (Lipinski definition) is 1. The molecule has 2 unspecified atom stereocenters. The Bertz CT molecular complexity index is 967. The number of morpholine rings is 1. The Morgan fingerprint density at radius 2 is 1.67 bits per heavy atom. The molecule has 1 aliphatic rings. The van der Waals surface area contributed by atoms with E-state index in [9.17, 15) is 5.11 Å². The van der Waals surface area contributed by atoms with Crippen LogP contribution in [0.4, 0.5) is 0 Å². The van der Waals surface area contributed by atoms with Crippen molar-refractivity contribution < 1.29 is 9.84 Å². The van der Waals surface area contributed by atoms with Crippen molar-refractivity contribution in [1.82, 2.24) is 4.90 Å². The number of hydrogen-bond acceptors (Lipinski definition) is 3. The van der Waals surface area contributed by atoms with Gasteiger partial charge in [-0.15, -0.1) is 0 Å². The molecule has 2 atom stereocenters. The number of ether oxygens (including phenoxy) is 1. The van der Waals surface area contributed by atoms with Gasteiger partial charge in [-0.2, -0.15) is 0 Å². The standard InChI is InChI=1S/C25H25Cl2NO2/c26-22-11-12-23(27)20(15-22)16-25(29,21-9-5-2-6-10-21)24-18-28(13-14-30-24)17-19-7-3-1-4-8-19/h1-12,15,24,29H,13-14,16-18H2. The van der Waals surface area contributed by atoms with Crippen LogP contribution in [0, 0.1) is 0 Å².